The molecular weight excluding hydrogens is 300 g/mol. The predicted octanol–water partition coefficient (Wildman–Crippen LogP) is 1.40. The molecule has 23 heavy (non-hydrogen) atoms. The first-order valence-electron chi connectivity index (χ1n) is 7.99. The van der Waals surface area contributed by atoms with Crippen molar-refractivity contribution in [2.45, 2.75) is 51.7 Å². The molecular formula is C16H30N2O5. The number of hydrogen-bond acceptors (Lipinski definition) is 5. The van der Waals surface area contributed by atoms with Crippen LogP contribution in [0.5, 0.6) is 0 Å². The van der Waals surface area contributed by atoms with E-state index in [1.807, 2.05) is 19.0 Å². The molecule has 0 bridgehead atoms. The number of likely N-dealkylation sites (tertiary alicyclic amines) is 1. The number of ether oxygens (including phenoxy) is 1. The van der Waals surface area contributed by atoms with E-state index in [0.29, 0.717) is 25.9 Å². The summed E-state index contributed by atoms with van der Waals surface area (Å²) in [6.45, 7) is 6.28. The van der Waals surface area contributed by atoms with Gasteiger partial charge in [0.25, 0.3) is 0 Å². The van der Waals surface area contributed by atoms with E-state index < -0.39 is 29.2 Å². The molecule has 1 aliphatic rings. The lowest BCUT2D eigenvalue weighted by Gasteiger charge is -2.41. The molecule has 1 saturated heterocycles. The van der Waals surface area contributed by atoms with E-state index >= 15 is 0 Å². The normalized spacial score (nSPS) is 23.7. The van der Waals surface area contributed by atoms with E-state index in [9.17, 15) is 19.8 Å². The number of carboxylic acid groups (broad SMARTS) is 1. The van der Waals surface area contributed by atoms with Crippen molar-refractivity contribution < 1.29 is 24.5 Å². The fourth-order valence-electron chi connectivity index (χ4n) is 2.98. The molecule has 1 fully saturated rings. The molecule has 1 amide bonds. The van der Waals surface area contributed by atoms with Crippen molar-refractivity contribution in [3.8, 4) is 0 Å². The predicted molar refractivity (Wildman–Crippen MR) is 86.3 cm³/mol. The highest BCUT2D eigenvalue weighted by Gasteiger charge is 2.45. The standard InChI is InChI=1S/C16H30N2O5/c1-15(2,3)23-14(22)18-8-6-7-16(11-18,13(20)21)9-12(19)10-17(4)5/h12,19H,6-11H2,1-5H3,(H,20,21)/t12-,16+/m0/s1. The molecule has 0 spiro atoms. The van der Waals surface area contributed by atoms with Crippen molar-refractivity contribution >= 4 is 12.1 Å². The van der Waals surface area contributed by atoms with E-state index in [4.69, 9.17) is 4.74 Å². The van der Waals surface area contributed by atoms with Crippen LogP contribution in [-0.2, 0) is 9.53 Å². The number of amides is 1. The largest absolute Gasteiger partial charge is 0.481 e. The van der Waals surface area contributed by atoms with E-state index in [0.717, 1.165) is 0 Å². The Morgan fingerprint density at radius 3 is 2.43 bits per heavy atom. The number of aliphatic hydroxyl groups is 1. The number of piperidine rings is 1. The SMILES string of the molecule is CN(C)C[C@@H](O)C[C@]1(C(=O)O)CCCN(C(=O)OC(C)(C)C)C1. The maximum Gasteiger partial charge on any atom is 0.410 e. The number of carbonyl (C=O) groups excluding carboxylic acids is 1. The lowest BCUT2D eigenvalue weighted by Crippen LogP contribution is -2.52. The minimum atomic E-state index is -1.12. The zero-order chi connectivity index (χ0) is 17.8. The van der Waals surface area contributed by atoms with Crippen LogP contribution < -0.4 is 0 Å². The van der Waals surface area contributed by atoms with Crippen molar-refractivity contribution in [1.82, 2.24) is 9.80 Å². The summed E-state index contributed by atoms with van der Waals surface area (Å²) >= 11 is 0. The molecule has 2 atom stereocenters. The second-order valence-electron chi connectivity index (χ2n) is 7.71. The van der Waals surface area contributed by atoms with Crippen molar-refractivity contribution in [1.29, 1.82) is 0 Å². The van der Waals surface area contributed by atoms with Gasteiger partial charge in [-0.2, -0.15) is 0 Å². The van der Waals surface area contributed by atoms with Crippen LogP contribution in [0, 0.1) is 5.41 Å². The Morgan fingerprint density at radius 2 is 1.96 bits per heavy atom. The Hall–Kier alpha value is -1.34. The van der Waals surface area contributed by atoms with Gasteiger partial charge in [-0.15, -0.1) is 0 Å². The summed E-state index contributed by atoms with van der Waals surface area (Å²) in [4.78, 5) is 27.3. The molecule has 2 N–H and O–H groups in total. The van der Waals surface area contributed by atoms with Crippen LogP contribution in [0.1, 0.15) is 40.0 Å². The van der Waals surface area contributed by atoms with Gasteiger partial charge in [0.05, 0.1) is 11.5 Å². The summed E-state index contributed by atoms with van der Waals surface area (Å²) in [5, 5.41) is 19.9. The van der Waals surface area contributed by atoms with Crippen LogP contribution in [0.25, 0.3) is 0 Å². The third-order valence-electron chi connectivity index (χ3n) is 3.88. The quantitative estimate of drug-likeness (QED) is 0.792. The summed E-state index contributed by atoms with van der Waals surface area (Å²) < 4.78 is 5.34. The molecule has 0 aliphatic carbocycles. The van der Waals surface area contributed by atoms with Gasteiger partial charge < -0.3 is 24.7 Å². The monoisotopic (exact) mass is 330 g/mol. The van der Waals surface area contributed by atoms with Gasteiger partial charge in [-0.25, -0.2) is 4.79 Å². The average Bonchev–Trinajstić information content (AvgIpc) is 2.35. The number of carbonyl (C=O) groups is 2. The van der Waals surface area contributed by atoms with Crippen LogP contribution >= 0.6 is 0 Å². The van der Waals surface area contributed by atoms with Gasteiger partial charge in [-0.3, -0.25) is 4.79 Å². The maximum absolute atomic E-state index is 12.2. The van der Waals surface area contributed by atoms with Gasteiger partial charge in [-0.1, -0.05) is 0 Å². The Morgan fingerprint density at radius 1 is 1.35 bits per heavy atom. The lowest BCUT2D eigenvalue weighted by molar-refractivity contribution is -0.155. The first-order valence-corrected chi connectivity index (χ1v) is 7.99. The molecule has 0 aromatic rings. The summed E-state index contributed by atoms with van der Waals surface area (Å²) in [6.07, 6.45) is -0.0868. The molecule has 1 aliphatic heterocycles. The summed E-state index contributed by atoms with van der Waals surface area (Å²) in [5.41, 5.74) is -1.74. The maximum atomic E-state index is 12.2. The number of nitrogens with zero attached hydrogens (tertiary/aromatic N) is 2. The van der Waals surface area contributed by atoms with Crippen LogP contribution in [-0.4, -0.2) is 77.5 Å². The van der Waals surface area contributed by atoms with Crippen LogP contribution in [0.4, 0.5) is 4.79 Å². The number of likely N-dealkylation sites (N-methyl/N-ethyl adjacent to an activating group) is 1. The highest BCUT2D eigenvalue weighted by atomic mass is 16.6. The van der Waals surface area contributed by atoms with Gasteiger partial charge >= 0.3 is 12.1 Å². The van der Waals surface area contributed by atoms with E-state index in [1.54, 1.807) is 20.8 Å². The van der Waals surface area contributed by atoms with Crippen molar-refractivity contribution in [3.63, 3.8) is 0 Å². The van der Waals surface area contributed by atoms with E-state index in [2.05, 4.69) is 0 Å². The zero-order valence-electron chi connectivity index (χ0n) is 14.8. The van der Waals surface area contributed by atoms with Crippen LogP contribution in [0.2, 0.25) is 0 Å². The summed E-state index contributed by atoms with van der Waals surface area (Å²) in [5.74, 6) is -0.969. The van der Waals surface area contributed by atoms with E-state index in [-0.39, 0.29) is 13.0 Å². The Labute approximate surface area is 138 Å². The smallest absolute Gasteiger partial charge is 0.410 e. The van der Waals surface area contributed by atoms with Gasteiger partial charge in [0, 0.05) is 19.6 Å². The number of aliphatic hydroxyl groups excluding tert-OH is 1. The van der Waals surface area contributed by atoms with Crippen LogP contribution in [0.3, 0.4) is 0 Å². The summed E-state index contributed by atoms with van der Waals surface area (Å²) in [6, 6.07) is 0. The highest BCUT2D eigenvalue weighted by molar-refractivity contribution is 5.77. The second kappa shape index (κ2) is 7.49. The molecule has 0 radical (unpaired) electrons. The van der Waals surface area contributed by atoms with Gasteiger partial charge in [-0.05, 0) is 54.1 Å². The second-order valence-corrected chi connectivity index (χ2v) is 7.71. The molecule has 0 aromatic carbocycles. The average molecular weight is 330 g/mol. The molecule has 1 rings (SSSR count). The fraction of sp³-hybridized carbons (Fsp3) is 0.875. The lowest BCUT2D eigenvalue weighted by atomic mass is 9.75. The minimum absolute atomic E-state index is 0.0712. The first kappa shape index (κ1) is 19.7. The number of carboxylic acids is 1. The molecule has 7 heteroatoms. The number of hydrogen-bond donors (Lipinski definition) is 2. The number of aliphatic carboxylic acids is 1. The van der Waals surface area contributed by atoms with Gasteiger partial charge in [0.2, 0.25) is 0 Å². The molecule has 1 heterocycles. The van der Waals surface area contributed by atoms with Crippen molar-refractivity contribution in [2.75, 3.05) is 33.7 Å². The van der Waals surface area contributed by atoms with Gasteiger partial charge in [0.15, 0.2) is 0 Å². The van der Waals surface area contributed by atoms with E-state index in [1.165, 1.54) is 4.90 Å². The summed E-state index contributed by atoms with van der Waals surface area (Å²) in [7, 11) is 3.65. The third kappa shape index (κ3) is 5.99. The molecule has 0 unspecified atom stereocenters. The molecule has 0 saturated carbocycles. The highest BCUT2D eigenvalue weighted by Crippen LogP contribution is 2.35. The number of rotatable bonds is 5. The molecule has 7 nitrogen and oxygen atoms in total. The van der Waals surface area contributed by atoms with Gasteiger partial charge in [0.1, 0.15) is 5.60 Å². The van der Waals surface area contributed by atoms with Crippen molar-refractivity contribution in [2.24, 2.45) is 5.41 Å². The first-order chi connectivity index (χ1) is 10.4. The Kier molecular flexibility index (Phi) is 6.41. The topological polar surface area (TPSA) is 90.3 Å². The molecule has 0 aromatic heterocycles. The molecule has 134 valence electrons. The van der Waals surface area contributed by atoms with Crippen LogP contribution in [0.15, 0.2) is 0 Å². The Bertz CT molecular complexity index is 433. The minimum Gasteiger partial charge on any atom is -0.481 e. The zero-order valence-corrected chi connectivity index (χ0v) is 14.8. The van der Waals surface area contributed by atoms with Crippen molar-refractivity contribution in [3.05, 3.63) is 0 Å². The fourth-order valence-corrected chi connectivity index (χ4v) is 2.98. The Balaban J connectivity index is 2.83. The third-order valence-corrected chi connectivity index (χ3v) is 3.88.